The van der Waals surface area contributed by atoms with Crippen molar-refractivity contribution in [2.45, 2.75) is 11.4 Å². The molecular weight excluding hydrogens is 378 g/mol. The molecule has 11 heteroatoms. The zero-order valence-corrected chi connectivity index (χ0v) is 15.8. The summed E-state index contributed by atoms with van der Waals surface area (Å²) in [6.45, 7) is 2.34. The summed E-state index contributed by atoms with van der Waals surface area (Å²) in [5.74, 6) is 0. The summed E-state index contributed by atoms with van der Waals surface area (Å²) in [5.41, 5.74) is 2.44. The van der Waals surface area contributed by atoms with Gasteiger partial charge in [-0.05, 0) is 19.2 Å². The van der Waals surface area contributed by atoms with Crippen LogP contribution in [0.4, 0.5) is 11.4 Å². The van der Waals surface area contributed by atoms with Crippen LogP contribution in [0.2, 0.25) is 0 Å². The SMILES string of the molecule is CN1CCN(S(=O)(=O)c2ccc(NCc3cscn3)c([N+](=O)[O-])c2)CC1. The van der Waals surface area contributed by atoms with Gasteiger partial charge in [0.05, 0.1) is 27.6 Å². The second-order valence-electron chi connectivity index (χ2n) is 5.98. The van der Waals surface area contributed by atoms with E-state index in [1.165, 1.54) is 27.8 Å². The van der Waals surface area contributed by atoms with Gasteiger partial charge in [0.1, 0.15) is 5.69 Å². The molecule has 0 unspecified atom stereocenters. The molecule has 0 radical (unpaired) electrons. The highest BCUT2D eigenvalue weighted by atomic mass is 32.2. The fourth-order valence-electron chi connectivity index (χ4n) is 2.66. The number of nitrogens with zero attached hydrogens (tertiary/aromatic N) is 4. The maximum atomic E-state index is 12.8. The van der Waals surface area contributed by atoms with E-state index in [0.29, 0.717) is 32.7 Å². The molecule has 0 atom stereocenters. The third kappa shape index (κ3) is 4.01. The average molecular weight is 397 g/mol. The Morgan fingerprint density at radius 3 is 2.65 bits per heavy atom. The summed E-state index contributed by atoms with van der Waals surface area (Å²) in [6.07, 6.45) is 0. The number of sulfonamides is 1. The van der Waals surface area contributed by atoms with E-state index < -0.39 is 14.9 Å². The summed E-state index contributed by atoms with van der Waals surface area (Å²) in [5, 5.41) is 16.2. The van der Waals surface area contributed by atoms with Gasteiger partial charge in [0.25, 0.3) is 5.69 Å². The van der Waals surface area contributed by atoms with Crippen molar-refractivity contribution in [2.24, 2.45) is 0 Å². The van der Waals surface area contributed by atoms with Crippen molar-refractivity contribution in [2.75, 3.05) is 38.5 Å². The highest BCUT2D eigenvalue weighted by Gasteiger charge is 2.29. The predicted octanol–water partition coefficient (Wildman–Crippen LogP) is 1.60. The molecule has 2 heterocycles. The second kappa shape index (κ2) is 7.66. The van der Waals surface area contributed by atoms with Crippen LogP contribution in [0.25, 0.3) is 0 Å². The van der Waals surface area contributed by atoms with Crippen molar-refractivity contribution >= 4 is 32.7 Å². The first-order valence-electron chi connectivity index (χ1n) is 7.96. The fraction of sp³-hybridized carbons (Fsp3) is 0.400. The van der Waals surface area contributed by atoms with E-state index in [2.05, 4.69) is 10.3 Å². The molecule has 3 rings (SSSR count). The number of rotatable bonds is 6. The third-order valence-corrected chi connectivity index (χ3v) is 6.74. The lowest BCUT2D eigenvalue weighted by atomic mass is 10.2. The van der Waals surface area contributed by atoms with Crippen molar-refractivity contribution < 1.29 is 13.3 Å². The van der Waals surface area contributed by atoms with Crippen LogP contribution in [0.1, 0.15) is 5.69 Å². The molecule has 0 spiro atoms. The van der Waals surface area contributed by atoms with Crippen LogP contribution >= 0.6 is 11.3 Å². The largest absolute Gasteiger partial charge is 0.374 e. The minimum atomic E-state index is -3.75. The van der Waals surface area contributed by atoms with E-state index in [1.54, 1.807) is 5.51 Å². The van der Waals surface area contributed by atoms with Crippen LogP contribution in [0.3, 0.4) is 0 Å². The van der Waals surface area contributed by atoms with Gasteiger partial charge in [0.2, 0.25) is 10.0 Å². The molecule has 0 saturated carbocycles. The number of nitro benzene ring substituents is 1. The van der Waals surface area contributed by atoms with Crippen molar-refractivity contribution in [3.8, 4) is 0 Å². The van der Waals surface area contributed by atoms with Gasteiger partial charge in [-0.1, -0.05) is 0 Å². The molecule has 140 valence electrons. The first-order valence-corrected chi connectivity index (χ1v) is 10.3. The smallest absolute Gasteiger partial charge is 0.293 e. The molecular formula is C15H19N5O4S2. The Kier molecular flexibility index (Phi) is 5.51. The maximum Gasteiger partial charge on any atom is 0.293 e. The van der Waals surface area contributed by atoms with Crippen LogP contribution in [0, 0.1) is 10.1 Å². The van der Waals surface area contributed by atoms with Crippen LogP contribution in [-0.2, 0) is 16.6 Å². The Hall–Kier alpha value is -2.08. The zero-order chi connectivity index (χ0) is 18.7. The molecule has 1 N–H and O–H groups in total. The predicted molar refractivity (Wildman–Crippen MR) is 98.8 cm³/mol. The van der Waals surface area contributed by atoms with E-state index >= 15 is 0 Å². The summed E-state index contributed by atoms with van der Waals surface area (Å²) < 4.78 is 26.9. The highest BCUT2D eigenvalue weighted by Crippen LogP contribution is 2.29. The maximum absolute atomic E-state index is 12.8. The second-order valence-corrected chi connectivity index (χ2v) is 8.63. The van der Waals surface area contributed by atoms with Crippen molar-refractivity contribution in [1.82, 2.24) is 14.2 Å². The Labute approximate surface area is 155 Å². The average Bonchev–Trinajstić information content (AvgIpc) is 3.13. The number of piperazine rings is 1. The molecule has 1 aliphatic heterocycles. The number of thiazole rings is 1. The van der Waals surface area contributed by atoms with Gasteiger partial charge in [-0.3, -0.25) is 10.1 Å². The molecule has 1 fully saturated rings. The monoisotopic (exact) mass is 397 g/mol. The number of nitro groups is 1. The minimum absolute atomic E-state index is 0.0621. The number of hydrogen-bond acceptors (Lipinski definition) is 8. The van der Waals surface area contributed by atoms with E-state index in [0.717, 1.165) is 11.8 Å². The lowest BCUT2D eigenvalue weighted by Gasteiger charge is -2.31. The van der Waals surface area contributed by atoms with Gasteiger partial charge in [0, 0.05) is 37.6 Å². The number of likely N-dealkylation sites (N-methyl/N-ethyl adjacent to an activating group) is 1. The molecule has 9 nitrogen and oxygen atoms in total. The van der Waals surface area contributed by atoms with Crippen LogP contribution < -0.4 is 5.32 Å². The van der Waals surface area contributed by atoms with Gasteiger partial charge in [-0.2, -0.15) is 4.31 Å². The lowest BCUT2D eigenvalue weighted by molar-refractivity contribution is -0.384. The normalized spacial score (nSPS) is 16.5. The quantitative estimate of drug-likeness (QED) is 0.582. The third-order valence-electron chi connectivity index (χ3n) is 4.21. The van der Waals surface area contributed by atoms with Gasteiger partial charge in [-0.25, -0.2) is 13.4 Å². The standard InChI is InChI=1S/C15H19N5O4S2/c1-18-4-6-19(7-5-18)26(23,24)13-2-3-14(15(8-13)20(21)22)16-9-12-10-25-11-17-12/h2-3,8,10-11,16H,4-7,9H2,1H3. The minimum Gasteiger partial charge on any atom is -0.374 e. The molecule has 2 aromatic rings. The highest BCUT2D eigenvalue weighted by molar-refractivity contribution is 7.89. The summed E-state index contributed by atoms with van der Waals surface area (Å²) in [4.78, 5) is 16.9. The molecule has 1 aromatic carbocycles. The summed E-state index contributed by atoms with van der Waals surface area (Å²) >= 11 is 1.43. The Morgan fingerprint density at radius 2 is 2.04 bits per heavy atom. The first kappa shape index (κ1) is 18.7. The number of hydrogen-bond donors (Lipinski definition) is 1. The fourth-order valence-corrected chi connectivity index (χ4v) is 4.66. The van der Waals surface area contributed by atoms with Gasteiger partial charge in [-0.15, -0.1) is 11.3 Å². The van der Waals surface area contributed by atoms with Crippen LogP contribution in [-0.4, -0.2) is 60.8 Å². The molecule has 1 aromatic heterocycles. The Morgan fingerprint density at radius 1 is 1.31 bits per heavy atom. The van der Waals surface area contributed by atoms with Gasteiger partial charge in [0.15, 0.2) is 0 Å². The van der Waals surface area contributed by atoms with E-state index in [-0.39, 0.29) is 16.3 Å². The van der Waals surface area contributed by atoms with Crippen LogP contribution in [0.15, 0.2) is 34.0 Å². The van der Waals surface area contributed by atoms with Crippen molar-refractivity contribution in [3.05, 3.63) is 44.9 Å². The number of anilines is 1. The molecule has 0 aliphatic carbocycles. The Balaban J connectivity index is 1.84. The number of benzene rings is 1. The van der Waals surface area contributed by atoms with Crippen molar-refractivity contribution in [1.29, 1.82) is 0 Å². The van der Waals surface area contributed by atoms with Gasteiger partial charge < -0.3 is 10.2 Å². The molecule has 0 amide bonds. The molecule has 0 bridgehead atoms. The molecule has 1 saturated heterocycles. The zero-order valence-electron chi connectivity index (χ0n) is 14.2. The molecule has 1 aliphatic rings. The summed E-state index contributed by atoms with van der Waals surface area (Å²) in [6, 6.07) is 3.97. The lowest BCUT2D eigenvalue weighted by Crippen LogP contribution is -2.47. The Bertz CT molecular complexity index is 877. The molecule has 26 heavy (non-hydrogen) atoms. The summed E-state index contributed by atoms with van der Waals surface area (Å²) in [7, 11) is -1.82. The van der Waals surface area contributed by atoms with Gasteiger partial charge >= 0.3 is 0 Å². The number of aromatic nitrogens is 1. The first-order chi connectivity index (χ1) is 12.4. The topological polar surface area (TPSA) is 109 Å². The van der Waals surface area contributed by atoms with Crippen molar-refractivity contribution in [3.63, 3.8) is 0 Å². The van der Waals surface area contributed by atoms with Crippen LogP contribution in [0.5, 0.6) is 0 Å². The number of nitrogens with one attached hydrogen (secondary N) is 1. The van der Waals surface area contributed by atoms with E-state index in [9.17, 15) is 18.5 Å². The van der Waals surface area contributed by atoms with E-state index in [1.807, 2.05) is 17.3 Å². The van der Waals surface area contributed by atoms with E-state index in [4.69, 9.17) is 0 Å².